The fraction of sp³-hybridized carbons (Fsp3) is 0.467. The van der Waals surface area contributed by atoms with E-state index < -0.39 is 32.1 Å². The van der Waals surface area contributed by atoms with Gasteiger partial charge in [-0.1, -0.05) is 0 Å². The van der Waals surface area contributed by atoms with Crippen LogP contribution in [0.4, 0.5) is 0 Å². The number of fused-ring (bicyclic) bond motifs is 1. The molecule has 1 aromatic rings. The van der Waals surface area contributed by atoms with E-state index in [1.54, 1.807) is 26.0 Å². The van der Waals surface area contributed by atoms with Crippen LogP contribution in [0.25, 0.3) is 0 Å². The van der Waals surface area contributed by atoms with Gasteiger partial charge in [0.15, 0.2) is 23.9 Å². The molecule has 1 aromatic carbocycles. The molecule has 9 heteroatoms. The summed E-state index contributed by atoms with van der Waals surface area (Å²) in [7, 11) is -3.54. The fourth-order valence-electron chi connectivity index (χ4n) is 2.03. The minimum atomic E-state index is -3.54. The van der Waals surface area contributed by atoms with Gasteiger partial charge in [0.1, 0.15) is 6.16 Å². The van der Waals surface area contributed by atoms with Crippen LogP contribution in [0.3, 0.4) is 0 Å². The van der Waals surface area contributed by atoms with Crippen molar-refractivity contribution in [3.05, 3.63) is 23.8 Å². The van der Waals surface area contributed by atoms with Gasteiger partial charge in [-0.15, -0.1) is 0 Å². The maximum Gasteiger partial charge on any atom is 0.341 e. The molecule has 0 saturated carbocycles. The number of Topliss-reactive ketones (excluding diaryl/α,β-unsaturated/α-hetero) is 1. The van der Waals surface area contributed by atoms with Crippen molar-refractivity contribution in [1.82, 2.24) is 0 Å². The average Bonchev–Trinajstić information content (AvgIpc) is 3.00. The number of carbonyl (C=O) groups is 2. The first-order chi connectivity index (χ1) is 11.5. The van der Waals surface area contributed by atoms with E-state index in [0.717, 1.165) is 0 Å². The van der Waals surface area contributed by atoms with Gasteiger partial charge in [-0.25, -0.2) is 0 Å². The third-order valence-electron chi connectivity index (χ3n) is 3.03. The largest absolute Gasteiger partial charge is 0.457 e. The summed E-state index contributed by atoms with van der Waals surface area (Å²) in [6.45, 7) is 3.19. The summed E-state index contributed by atoms with van der Waals surface area (Å²) in [5.41, 5.74) is 0.324. The molecule has 0 unspecified atom stereocenters. The molecular formula is C15H19O8P. The number of ether oxygens (including phenoxy) is 3. The molecule has 2 rings (SSSR count). The zero-order valence-electron chi connectivity index (χ0n) is 13.5. The Labute approximate surface area is 139 Å². The smallest absolute Gasteiger partial charge is 0.341 e. The Kier molecular flexibility index (Phi) is 6.36. The van der Waals surface area contributed by atoms with E-state index in [1.807, 2.05) is 0 Å². The highest BCUT2D eigenvalue weighted by molar-refractivity contribution is 7.54. The molecule has 0 fully saturated rings. The van der Waals surface area contributed by atoms with Crippen LogP contribution in [-0.2, 0) is 23.1 Å². The predicted octanol–water partition coefficient (Wildman–Crippen LogP) is 2.41. The lowest BCUT2D eigenvalue weighted by molar-refractivity contribution is -0.139. The first kappa shape index (κ1) is 18.4. The van der Waals surface area contributed by atoms with E-state index in [2.05, 4.69) is 0 Å². The van der Waals surface area contributed by atoms with E-state index in [0.29, 0.717) is 17.1 Å². The second-order valence-corrected chi connectivity index (χ2v) is 6.81. The predicted molar refractivity (Wildman–Crippen MR) is 83.6 cm³/mol. The summed E-state index contributed by atoms with van der Waals surface area (Å²) in [6.07, 6.45) is -0.539. The van der Waals surface area contributed by atoms with Crippen molar-refractivity contribution in [2.45, 2.75) is 13.8 Å². The first-order valence-corrected chi connectivity index (χ1v) is 9.17. The Morgan fingerprint density at radius 3 is 2.46 bits per heavy atom. The molecule has 0 atom stereocenters. The summed E-state index contributed by atoms with van der Waals surface area (Å²) in [5, 5.41) is 0. The minimum absolute atomic E-state index is 0.103. The van der Waals surface area contributed by atoms with E-state index in [4.69, 9.17) is 23.3 Å². The number of hydrogen-bond donors (Lipinski definition) is 0. The van der Waals surface area contributed by atoms with Crippen LogP contribution in [0.15, 0.2) is 18.2 Å². The number of hydrogen-bond acceptors (Lipinski definition) is 8. The number of rotatable bonds is 9. The fourth-order valence-corrected chi connectivity index (χ4v) is 3.48. The highest BCUT2D eigenvalue weighted by Gasteiger charge is 2.29. The van der Waals surface area contributed by atoms with Gasteiger partial charge < -0.3 is 23.3 Å². The molecule has 0 aromatic heterocycles. The lowest BCUT2D eigenvalue weighted by atomic mass is 10.1. The van der Waals surface area contributed by atoms with E-state index in [-0.39, 0.29) is 20.0 Å². The van der Waals surface area contributed by atoms with Crippen molar-refractivity contribution >= 4 is 19.3 Å². The van der Waals surface area contributed by atoms with E-state index in [9.17, 15) is 14.2 Å². The van der Waals surface area contributed by atoms with Crippen molar-refractivity contribution in [2.24, 2.45) is 0 Å². The quantitative estimate of drug-likeness (QED) is 0.377. The Bertz CT molecular complexity index is 647. The van der Waals surface area contributed by atoms with Crippen LogP contribution in [0.1, 0.15) is 24.2 Å². The van der Waals surface area contributed by atoms with Crippen molar-refractivity contribution < 1.29 is 37.4 Å². The van der Waals surface area contributed by atoms with Crippen molar-refractivity contribution in [3.63, 3.8) is 0 Å². The standard InChI is InChI=1S/C15H19O8P/c1-3-22-24(18,23-4-2)9-15(17)19-8-12(16)11-5-6-13-14(7-11)21-10-20-13/h5-7H,3-4,8-10H2,1-2H3. The normalized spacial score (nSPS) is 12.9. The summed E-state index contributed by atoms with van der Waals surface area (Å²) in [4.78, 5) is 23.8. The molecule has 1 heterocycles. The molecule has 0 aliphatic carbocycles. The SMILES string of the molecule is CCOP(=O)(CC(=O)OCC(=O)c1ccc2c(c1)OCO2)OCC. The van der Waals surface area contributed by atoms with Crippen molar-refractivity contribution in [2.75, 3.05) is 32.8 Å². The van der Waals surface area contributed by atoms with Gasteiger partial charge in [-0.3, -0.25) is 14.2 Å². The van der Waals surface area contributed by atoms with Crippen molar-refractivity contribution in [1.29, 1.82) is 0 Å². The van der Waals surface area contributed by atoms with Gasteiger partial charge in [0.05, 0.1) is 13.2 Å². The van der Waals surface area contributed by atoms with Gasteiger partial charge in [0.2, 0.25) is 6.79 Å². The topological polar surface area (TPSA) is 97.4 Å². The molecule has 0 radical (unpaired) electrons. The highest BCUT2D eigenvalue weighted by atomic mass is 31.2. The lowest BCUT2D eigenvalue weighted by Gasteiger charge is -2.15. The Morgan fingerprint density at radius 1 is 1.12 bits per heavy atom. The van der Waals surface area contributed by atoms with Gasteiger partial charge in [0.25, 0.3) is 0 Å². The third-order valence-corrected chi connectivity index (χ3v) is 4.98. The highest BCUT2D eigenvalue weighted by Crippen LogP contribution is 2.47. The molecule has 24 heavy (non-hydrogen) atoms. The second-order valence-electron chi connectivity index (χ2n) is 4.76. The third kappa shape index (κ3) is 4.80. The van der Waals surface area contributed by atoms with Crippen LogP contribution >= 0.6 is 7.60 Å². The van der Waals surface area contributed by atoms with Gasteiger partial charge in [0, 0.05) is 5.56 Å². The molecule has 1 aliphatic rings. The monoisotopic (exact) mass is 358 g/mol. The van der Waals surface area contributed by atoms with E-state index >= 15 is 0 Å². The number of carbonyl (C=O) groups excluding carboxylic acids is 2. The molecule has 0 amide bonds. The van der Waals surface area contributed by atoms with Crippen LogP contribution in [0.2, 0.25) is 0 Å². The second kappa shape index (κ2) is 8.28. The van der Waals surface area contributed by atoms with Gasteiger partial charge in [-0.05, 0) is 32.0 Å². The van der Waals surface area contributed by atoms with Crippen LogP contribution in [0.5, 0.6) is 11.5 Å². The van der Waals surface area contributed by atoms with Gasteiger partial charge in [-0.2, -0.15) is 0 Å². The molecule has 0 saturated heterocycles. The molecule has 0 bridgehead atoms. The molecule has 8 nitrogen and oxygen atoms in total. The number of benzene rings is 1. The van der Waals surface area contributed by atoms with Crippen molar-refractivity contribution in [3.8, 4) is 11.5 Å². The number of esters is 1. The van der Waals surface area contributed by atoms with Crippen LogP contribution in [0, 0.1) is 0 Å². The molecular weight excluding hydrogens is 339 g/mol. The average molecular weight is 358 g/mol. The summed E-state index contributed by atoms with van der Waals surface area (Å²) in [6, 6.07) is 4.68. The molecule has 0 spiro atoms. The first-order valence-electron chi connectivity index (χ1n) is 7.44. The van der Waals surface area contributed by atoms with Crippen LogP contribution in [-0.4, -0.2) is 44.5 Å². The molecule has 132 valence electrons. The maximum atomic E-state index is 12.2. The summed E-state index contributed by atoms with van der Waals surface area (Å²) >= 11 is 0. The zero-order valence-corrected chi connectivity index (χ0v) is 14.4. The molecule has 0 N–H and O–H groups in total. The lowest BCUT2D eigenvalue weighted by Crippen LogP contribution is -2.18. The van der Waals surface area contributed by atoms with Gasteiger partial charge >= 0.3 is 13.6 Å². The Balaban J connectivity index is 1.89. The maximum absolute atomic E-state index is 12.2. The van der Waals surface area contributed by atoms with E-state index in [1.165, 1.54) is 6.07 Å². The molecule has 1 aliphatic heterocycles. The number of ketones is 1. The van der Waals surface area contributed by atoms with Crippen LogP contribution < -0.4 is 9.47 Å². The Morgan fingerprint density at radius 2 is 1.79 bits per heavy atom. The Hall–Kier alpha value is -1.89. The zero-order chi connectivity index (χ0) is 17.6. The minimum Gasteiger partial charge on any atom is -0.457 e. The summed E-state index contributed by atoms with van der Waals surface area (Å²) in [5.74, 6) is -0.221. The summed E-state index contributed by atoms with van der Waals surface area (Å²) < 4.78 is 37.4.